The van der Waals surface area contributed by atoms with E-state index in [2.05, 4.69) is 34.6 Å². The highest BCUT2D eigenvalue weighted by Gasteiger charge is 2.54. The SMILES string of the molecule is CC(C)CC[C@H](c1ccc(C(=O)O)cc1)N1C(=O)C(N2CCC(C(F)(F)F)CC2)=NC12CCC(C(C)(C)C)CC2. The number of halogens is 3. The maximum Gasteiger partial charge on any atom is 0.391 e. The average molecular weight is 564 g/mol. The zero-order chi connectivity index (χ0) is 29.5. The number of rotatable bonds is 6. The Kier molecular flexibility index (Phi) is 8.63. The predicted molar refractivity (Wildman–Crippen MR) is 149 cm³/mol. The van der Waals surface area contributed by atoms with Crippen molar-refractivity contribution in [3.05, 3.63) is 35.4 Å². The predicted octanol–water partition coefficient (Wildman–Crippen LogP) is 7.31. The maximum absolute atomic E-state index is 14.3. The number of nitrogens with zero attached hydrogens (tertiary/aromatic N) is 3. The summed E-state index contributed by atoms with van der Waals surface area (Å²) in [6.07, 6.45) is 0.482. The van der Waals surface area contributed by atoms with Gasteiger partial charge in [0.1, 0.15) is 5.66 Å². The first-order chi connectivity index (χ1) is 18.6. The zero-order valence-electron chi connectivity index (χ0n) is 24.4. The van der Waals surface area contributed by atoms with Gasteiger partial charge in [0.15, 0.2) is 5.84 Å². The second-order valence-electron chi connectivity index (χ2n) is 13.5. The highest BCUT2D eigenvalue weighted by atomic mass is 19.4. The smallest absolute Gasteiger partial charge is 0.391 e. The third-order valence-electron chi connectivity index (χ3n) is 9.31. The number of hydrogen-bond donors (Lipinski definition) is 1. The van der Waals surface area contributed by atoms with Crippen molar-refractivity contribution in [2.24, 2.45) is 28.2 Å². The zero-order valence-corrected chi connectivity index (χ0v) is 24.4. The molecule has 1 amide bonds. The van der Waals surface area contributed by atoms with Crippen LogP contribution in [0.3, 0.4) is 0 Å². The van der Waals surface area contributed by atoms with Crippen molar-refractivity contribution in [1.82, 2.24) is 9.80 Å². The van der Waals surface area contributed by atoms with Gasteiger partial charge < -0.3 is 14.9 Å². The number of piperidine rings is 1. The van der Waals surface area contributed by atoms with Crippen LogP contribution in [0, 0.1) is 23.2 Å². The van der Waals surface area contributed by atoms with E-state index < -0.39 is 23.7 Å². The van der Waals surface area contributed by atoms with Crippen molar-refractivity contribution in [1.29, 1.82) is 0 Å². The minimum Gasteiger partial charge on any atom is -0.478 e. The lowest BCUT2D eigenvalue weighted by Crippen LogP contribution is -2.52. The van der Waals surface area contributed by atoms with Gasteiger partial charge in [-0.25, -0.2) is 9.79 Å². The highest BCUT2D eigenvalue weighted by molar-refractivity contribution is 6.39. The number of aromatic carboxylic acids is 1. The first kappa shape index (κ1) is 30.4. The number of carbonyl (C=O) groups is 2. The van der Waals surface area contributed by atoms with Crippen molar-refractivity contribution in [2.45, 2.75) is 104 Å². The van der Waals surface area contributed by atoms with Crippen molar-refractivity contribution in [3.8, 4) is 0 Å². The number of alkyl halides is 3. The summed E-state index contributed by atoms with van der Waals surface area (Å²) in [5.74, 6) is -1.39. The lowest BCUT2D eigenvalue weighted by atomic mass is 9.69. The number of amidine groups is 1. The molecule has 2 heterocycles. The Bertz CT molecular complexity index is 1090. The van der Waals surface area contributed by atoms with Gasteiger partial charge in [-0.3, -0.25) is 4.79 Å². The molecule has 0 aromatic heterocycles. The number of aliphatic imine (C=N–C) groups is 1. The van der Waals surface area contributed by atoms with Gasteiger partial charge in [0.2, 0.25) is 0 Å². The van der Waals surface area contributed by atoms with E-state index in [1.165, 1.54) is 0 Å². The average Bonchev–Trinajstić information content (AvgIpc) is 3.15. The molecule has 222 valence electrons. The largest absolute Gasteiger partial charge is 0.478 e. The van der Waals surface area contributed by atoms with Gasteiger partial charge >= 0.3 is 12.1 Å². The van der Waals surface area contributed by atoms with Gasteiger partial charge in [0.05, 0.1) is 17.5 Å². The monoisotopic (exact) mass is 563 g/mol. The number of amides is 1. The molecule has 1 saturated heterocycles. The van der Waals surface area contributed by atoms with E-state index in [0.717, 1.165) is 24.8 Å². The second-order valence-corrected chi connectivity index (χ2v) is 13.5. The molecular weight excluding hydrogens is 519 g/mol. The summed E-state index contributed by atoms with van der Waals surface area (Å²) < 4.78 is 40.1. The van der Waals surface area contributed by atoms with Crippen LogP contribution in [0.15, 0.2) is 29.3 Å². The minimum absolute atomic E-state index is 0.0394. The van der Waals surface area contributed by atoms with Gasteiger partial charge in [-0.1, -0.05) is 46.8 Å². The fourth-order valence-corrected chi connectivity index (χ4v) is 6.73. The van der Waals surface area contributed by atoms with Gasteiger partial charge in [-0.2, -0.15) is 13.2 Å². The molecular formula is C31H44F3N3O3. The molecule has 1 spiro atoms. The molecule has 6 nitrogen and oxygen atoms in total. The third kappa shape index (κ3) is 6.33. The summed E-state index contributed by atoms with van der Waals surface area (Å²) in [5.41, 5.74) is 0.431. The molecule has 1 aromatic rings. The van der Waals surface area contributed by atoms with E-state index in [4.69, 9.17) is 4.99 Å². The van der Waals surface area contributed by atoms with Crippen molar-refractivity contribution >= 4 is 17.7 Å². The molecule has 0 bridgehead atoms. The standard InChI is InChI=1S/C31H44F3N3O3/c1-20(2)6-11-25(21-7-9-22(10-8-21)28(39)40)37-27(38)26(36-18-14-24(15-19-36)31(32,33)34)35-30(37)16-12-23(13-17-30)29(3,4)5/h7-10,20,23-25H,6,11-19H2,1-5H3,(H,39,40)/t23?,25-,30?/m1/s1. The summed E-state index contributed by atoms with van der Waals surface area (Å²) in [6, 6.07) is 6.44. The van der Waals surface area contributed by atoms with E-state index in [9.17, 15) is 27.9 Å². The first-order valence-corrected chi connectivity index (χ1v) is 14.7. The Morgan fingerprint density at radius 2 is 1.57 bits per heavy atom. The highest BCUT2D eigenvalue weighted by Crippen LogP contribution is 2.50. The molecule has 2 aliphatic heterocycles. The number of carboxylic acids is 1. The molecule has 1 saturated carbocycles. The van der Waals surface area contributed by atoms with Crippen LogP contribution in [0.4, 0.5) is 13.2 Å². The lowest BCUT2D eigenvalue weighted by molar-refractivity contribution is -0.183. The fraction of sp³-hybridized carbons (Fsp3) is 0.710. The number of carbonyl (C=O) groups excluding carboxylic acids is 1. The van der Waals surface area contributed by atoms with E-state index in [-0.39, 0.29) is 48.9 Å². The van der Waals surface area contributed by atoms with Crippen LogP contribution in [0.5, 0.6) is 0 Å². The first-order valence-electron chi connectivity index (χ1n) is 14.7. The van der Waals surface area contributed by atoms with Crippen LogP contribution in [-0.4, -0.2) is 57.5 Å². The molecule has 4 rings (SSSR count). The quantitative estimate of drug-likeness (QED) is 0.394. The number of hydrogen-bond acceptors (Lipinski definition) is 4. The van der Waals surface area contributed by atoms with E-state index >= 15 is 0 Å². The van der Waals surface area contributed by atoms with Crippen LogP contribution < -0.4 is 0 Å². The fourth-order valence-electron chi connectivity index (χ4n) is 6.73. The molecule has 2 fully saturated rings. The summed E-state index contributed by atoms with van der Waals surface area (Å²) >= 11 is 0. The van der Waals surface area contributed by atoms with Crippen LogP contribution >= 0.6 is 0 Å². The van der Waals surface area contributed by atoms with Gasteiger partial charge in [-0.15, -0.1) is 0 Å². The molecule has 9 heteroatoms. The lowest BCUT2D eigenvalue weighted by Gasteiger charge is -2.47. The molecule has 0 unspecified atom stereocenters. The molecule has 40 heavy (non-hydrogen) atoms. The normalized spacial score (nSPS) is 25.6. The number of carboxylic acid groups (broad SMARTS) is 1. The third-order valence-corrected chi connectivity index (χ3v) is 9.31. The molecule has 1 atom stereocenters. The Balaban J connectivity index is 1.70. The maximum atomic E-state index is 14.3. The topological polar surface area (TPSA) is 73.2 Å². The van der Waals surface area contributed by atoms with Crippen molar-refractivity contribution in [2.75, 3.05) is 13.1 Å². The van der Waals surface area contributed by atoms with Crippen LogP contribution in [0.1, 0.15) is 108 Å². The Labute approximate surface area is 236 Å². The van der Waals surface area contributed by atoms with Gasteiger partial charge in [-0.05, 0) is 86.3 Å². The minimum atomic E-state index is -4.23. The number of likely N-dealkylation sites (tertiary alicyclic amines) is 1. The summed E-state index contributed by atoms with van der Waals surface area (Å²) in [6.45, 7) is 11.3. The van der Waals surface area contributed by atoms with E-state index in [0.29, 0.717) is 36.9 Å². The van der Waals surface area contributed by atoms with Crippen LogP contribution in [0.2, 0.25) is 0 Å². The van der Waals surface area contributed by atoms with Crippen LogP contribution in [-0.2, 0) is 4.79 Å². The van der Waals surface area contributed by atoms with Crippen molar-refractivity contribution in [3.63, 3.8) is 0 Å². The summed E-state index contributed by atoms with van der Waals surface area (Å²) in [4.78, 5) is 34.6. The Morgan fingerprint density at radius 1 is 1.00 bits per heavy atom. The van der Waals surface area contributed by atoms with Gasteiger partial charge in [0, 0.05) is 13.1 Å². The second kappa shape index (κ2) is 11.4. The molecule has 1 aromatic carbocycles. The van der Waals surface area contributed by atoms with Gasteiger partial charge in [0.25, 0.3) is 5.91 Å². The molecule has 0 radical (unpaired) electrons. The summed E-state index contributed by atoms with van der Waals surface area (Å²) in [5, 5.41) is 9.42. The molecule has 1 aliphatic carbocycles. The van der Waals surface area contributed by atoms with E-state index in [1.54, 1.807) is 29.2 Å². The molecule has 3 aliphatic rings. The Hall–Kier alpha value is -2.58. The Morgan fingerprint density at radius 3 is 2.05 bits per heavy atom. The van der Waals surface area contributed by atoms with Crippen LogP contribution in [0.25, 0.3) is 0 Å². The summed E-state index contributed by atoms with van der Waals surface area (Å²) in [7, 11) is 0. The number of benzene rings is 1. The van der Waals surface area contributed by atoms with E-state index in [1.807, 2.05) is 4.90 Å². The molecule has 1 N–H and O–H groups in total. The van der Waals surface area contributed by atoms with Crippen molar-refractivity contribution < 1.29 is 27.9 Å².